The third-order valence-corrected chi connectivity index (χ3v) is 2.66. The van der Waals surface area contributed by atoms with Crippen molar-refractivity contribution in [1.29, 1.82) is 0 Å². The number of carbonyl (C=O) groups excluding carboxylic acids is 1. The Morgan fingerprint density at radius 1 is 1.48 bits per heavy atom. The normalized spacial score (nSPS) is 10.3. The Kier molecular flexibility index (Phi) is 5.22. The minimum absolute atomic E-state index is 0.168. The smallest absolute Gasteiger partial charge is 0.252 e. The van der Waals surface area contributed by atoms with Crippen LogP contribution >= 0.6 is 0 Å². The van der Waals surface area contributed by atoms with E-state index in [9.17, 15) is 4.79 Å². The van der Waals surface area contributed by atoms with Crippen molar-refractivity contribution >= 4 is 5.91 Å². The molecule has 0 aliphatic heterocycles. The molecule has 0 spiro atoms. The molecule has 2 heterocycles. The number of nitrogens with zero attached hydrogens (tertiary/aromatic N) is 3. The molecule has 110 valence electrons. The van der Waals surface area contributed by atoms with E-state index in [2.05, 4.69) is 21.9 Å². The number of carbonyl (C=O) groups is 1. The largest absolute Gasteiger partial charge is 0.375 e. The van der Waals surface area contributed by atoms with Crippen LogP contribution in [0.2, 0.25) is 0 Å². The van der Waals surface area contributed by atoms with Gasteiger partial charge < -0.3 is 10.1 Å². The highest BCUT2D eigenvalue weighted by Gasteiger charge is 2.06. The second-order valence-electron chi connectivity index (χ2n) is 4.64. The standard InChI is InChI=1S/C15H18N4O2/c1-12(2)10-21-8-6-17-15(20)13-3-4-14(18-9-13)19-7-5-16-11-19/h3-5,7,9,11H,1,6,8,10H2,2H3,(H,17,20). The predicted molar refractivity (Wildman–Crippen MR) is 79.3 cm³/mol. The molecular formula is C15H18N4O2. The van der Waals surface area contributed by atoms with Crippen molar-refractivity contribution in [2.75, 3.05) is 19.8 Å². The number of imidazole rings is 1. The van der Waals surface area contributed by atoms with Gasteiger partial charge in [-0.05, 0) is 19.1 Å². The summed E-state index contributed by atoms with van der Waals surface area (Å²) in [5, 5.41) is 2.77. The molecule has 6 nitrogen and oxygen atoms in total. The lowest BCUT2D eigenvalue weighted by Gasteiger charge is -2.07. The summed E-state index contributed by atoms with van der Waals surface area (Å²) < 4.78 is 7.08. The highest BCUT2D eigenvalue weighted by Crippen LogP contribution is 2.05. The molecule has 0 saturated heterocycles. The fraction of sp³-hybridized carbons (Fsp3) is 0.267. The van der Waals surface area contributed by atoms with Crippen LogP contribution in [-0.4, -0.2) is 40.2 Å². The summed E-state index contributed by atoms with van der Waals surface area (Å²) in [6.07, 6.45) is 6.66. The van der Waals surface area contributed by atoms with Crippen LogP contribution in [-0.2, 0) is 4.74 Å². The third-order valence-electron chi connectivity index (χ3n) is 2.66. The van der Waals surface area contributed by atoms with E-state index in [1.165, 1.54) is 0 Å². The molecular weight excluding hydrogens is 268 g/mol. The van der Waals surface area contributed by atoms with Crippen molar-refractivity contribution in [1.82, 2.24) is 19.9 Å². The third kappa shape index (κ3) is 4.54. The first-order valence-corrected chi connectivity index (χ1v) is 6.61. The molecule has 6 heteroatoms. The van der Waals surface area contributed by atoms with Crippen molar-refractivity contribution in [2.45, 2.75) is 6.92 Å². The fourth-order valence-electron chi connectivity index (χ4n) is 1.65. The number of aromatic nitrogens is 3. The van der Waals surface area contributed by atoms with E-state index in [-0.39, 0.29) is 5.91 Å². The van der Waals surface area contributed by atoms with Gasteiger partial charge in [-0.2, -0.15) is 0 Å². The second-order valence-corrected chi connectivity index (χ2v) is 4.64. The molecule has 2 aromatic heterocycles. The second kappa shape index (κ2) is 7.35. The number of pyridine rings is 1. The molecule has 0 aliphatic carbocycles. The lowest BCUT2D eigenvalue weighted by molar-refractivity contribution is 0.0926. The maximum atomic E-state index is 11.9. The van der Waals surface area contributed by atoms with Crippen LogP contribution in [0.3, 0.4) is 0 Å². The molecule has 0 aliphatic rings. The number of nitrogens with one attached hydrogen (secondary N) is 1. The lowest BCUT2D eigenvalue weighted by atomic mass is 10.2. The van der Waals surface area contributed by atoms with Gasteiger partial charge in [-0.1, -0.05) is 12.2 Å². The molecule has 2 rings (SSSR count). The first kappa shape index (κ1) is 14.9. The van der Waals surface area contributed by atoms with E-state index in [1.54, 1.807) is 41.6 Å². The summed E-state index contributed by atoms with van der Waals surface area (Å²) in [5.74, 6) is 0.549. The van der Waals surface area contributed by atoms with Crippen LogP contribution in [0.5, 0.6) is 0 Å². The average molecular weight is 286 g/mol. The van der Waals surface area contributed by atoms with Gasteiger partial charge in [0.05, 0.1) is 18.8 Å². The van der Waals surface area contributed by atoms with Crippen LogP contribution < -0.4 is 5.32 Å². The van der Waals surface area contributed by atoms with Crippen molar-refractivity contribution in [3.8, 4) is 5.82 Å². The Balaban J connectivity index is 1.81. The van der Waals surface area contributed by atoms with E-state index in [0.29, 0.717) is 31.1 Å². The number of hydrogen-bond acceptors (Lipinski definition) is 4. The molecule has 2 aromatic rings. The molecule has 1 N–H and O–H groups in total. The van der Waals surface area contributed by atoms with Crippen molar-refractivity contribution in [3.05, 3.63) is 54.8 Å². The zero-order valence-corrected chi connectivity index (χ0v) is 12.0. The van der Waals surface area contributed by atoms with Crippen LogP contribution in [0.4, 0.5) is 0 Å². The van der Waals surface area contributed by atoms with Gasteiger partial charge in [0.2, 0.25) is 0 Å². The zero-order valence-electron chi connectivity index (χ0n) is 12.0. The fourth-order valence-corrected chi connectivity index (χ4v) is 1.65. The Labute approximate surface area is 123 Å². The topological polar surface area (TPSA) is 69.0 Å². The summed E-state index contributed by atoms with van der Waals surface area (Å²) in [7, 11) is 0. The van der Waals surface area contributed by atoms with E-state index in [1.807, 2.05) is 6.92 Å². The summed E-state index contributed by atoms with van der Waals surface area (Å²) >= 11 is 0. The van der Waals surface area contributed by atoms with Crippen LogP contribution in [0, 0.1) is 0 Å². The molecule has 0 saturated carbocycles. The van der Waals surface area contributed by atoms with Gasteiger partial charge in [-0.25, -0.2) is 9.97 Å². The van der Waals surface area contributed by atoms with Crippen LogP contribution in [0.25, 0.3) is 5.82 Å². The van der Waals surface area contributed by atoms with Crippen LogP contribution in [0.1, 0.15) is 17.3 Å². The summed E-state index contributed by atoms with van der Waals surface area (Å²) in [4.78, 5) is 20.1. The average Bonchev–Trinajstić information content (AvgIpc) is 3.01. The van der Waals surface area contributed by atoms with Gasteiger partial charge in [0.15, 0.2) is 0 Å². The monoisotopic (exact) mass is 286 g/mol. The first-order chi connectivity index (χ1) is 10.2. The van der Waals surface area contributed by atoms with Gasteiger partial charge in [-0.15, -0.1) is 0 Å². The van der Waals surface area contributed by atoms with Crippen LogP contribution in [0.15, 0.2) is 49.2 Å². The minimum atomic E-state index is -0.168. The Morgan fingerprint density at radius 3 is 2.95 bits per heavy atom. The van der Waals surface area contributed by atoms with Crippen molar-refractivity contribution in [3.63, 3.8) is 0 Å². The first-order valence-electron chi connectivity index (χ1n) is 6.61. The molecule has 0 atom stereocenters. The lowest BCUT2D eigenvalue weighted by Crippen LogP contribution is -2.27. The Bertz CT molecular complexity index is 591. The van der Waals surface area contributed by atoms with E-state index >= 15 is 0 Å². The molecule has 0 bridgehead atoms. The Hall–Kier alpha value is -2.47. The Morgan fingerprint density at radius 2 is 2.33 bits per heavy atom. The quantitative estimate of drug-likeness (QED) is 0.620. The minimum Gasteiger partial charge on any atom is -0.375 e. The zero-order chi connectivity index (χ0) is 15.1. The maximum Gasteiger partial charge on any atom is 0.252 e. The van der Waals surface area contributed by atoms with E-state index < -0.39 is 0 Å². The SMILES string of the molecule is C=C(C)COCCNC(=O)c1ccc(-n2ccnc2)nc1. The summed E-state index contributed by atoms with van der Waals surface area (Å²) in [6.45, 7) is 7.05. The van der Waals surface area contributed by atoms with E-state index in [0.717, 1.165) is 5.57 Å². The number of hydrogen-bond donors (Lipinski definition) is 1. The van der Waals surface area contributed by atoms with Gasteiger partial charge in [0.25, 0.3) is 5.91 Å². The highest BCUT2D eigenvalue weighted by molar-refractivity contribution is 5.93. The summed E-state index contributed by atoms with van der Waals surface area (Å²) in [5.41, 5.74) is 1.47. The molecule has 0 aromatic carbocycles. The summed E-state index contributed by atoms with van der Waals surface area (Å²) in [6, 6.07) is 3.50. The van der Waals surface area contributed by atoms with Gasteiger partial charge in [-0.3, -0.25) is 9.36 Å². The van der Waals surface area contributed by atoms with Crippen molar-refractivity contribution in [2.24, 2.45) is 0 Å². The maximum absolute atomic E-state index is 11.9. The van der Waals surface area contributed by atoms with Gasteiger partial charge in [0.1, 0.15) is 12.1 Å². The predicted octanol–water partition coefficient (Wildman–Crippen LogP) is 1.59. The number of rotatable bonds is 7. The number of amides is 1. The highest BCUT2D eigenvalue weighted by atomic mass is 16.5. The van der Waals surface area contributed by atoms with E-state index in [4.69, 9.17) is 4.74 Å². The van der Waals surface area contributed by atoms with Gasteiger partial charge in [0, 0.05) is 25.1 Å². The molecule has 0 fully saturated rings. The molecule has 21 heavy (non-hydrogen) atoms. The molecule has 1 amide bonds. The number of ether oxygens (including phenoxy) is 1. The van der Waals surface area contributed by atoms with Crippen molar-refractivity contribution < 1.29 is 9.53 Å². The molecule has 0 radical (unpaired) electrons. The molecule has 0 unspecified atom stereocenters. The van der Waals surface area contributed by atoms with Gasteiger partial charge >= 0.3 is 0 Å².